The molecule has 0 atom stereocenters. The van der Waals surface area contributed by atoms with Gasteiger partial charge in [-0.05, 0) is 77.1 Å². The second kappa shape index (κ2) is 12.5. The quantitative estimate of drug-likeness (QED) is 0.307. The predicted molar refractivity (Wildman–Crippen MR) is 122 cm³/mol. The van der Waals surface area contributed by atoms with E-state index in [2.05, 4.69) is 0 Å². The highest BCUT2D eigenvalue weighted by atomic mass is 16.5. The van der Waals surface area contributed by atoms with Crippen LogP contribution in [0.1, 0.15) is 50.5 Å². The molecule has 31 heavy (non-hydrogen) atoms. The first-order chi connectivity index (χ1) is 15.1. The summed E-state index contributed by atoms with van der Waals surface area (Å²) in [5.74, 6) is 2.49. The van der Waals surface area contributed by atoms with Crippen LogP contribution in [0, 0.1) is 0 Å². The Labute approximate surface area is 184 Å². The number of carbonyl (C=O) groups is 1. The van der Waals surface area contributed by atoms with Gasteiger partial charge >= 0.3 is 0 Å². The Bertz CT molecular complexity index is 888. The number of benzene rings is 2. The van der Waals surface area contributed by atoms with Crippen molar-refractivity contribution >= 4 is 11.9 Å². The molecular weight excluding hydrogens is 396 g/mol. The van der Waals surface area contributed by atoms with E-state index in [1.807, 2.05) is 52.8 Å². The average molecular weight is 429 g/mol. The molecular formula is C25H32O6. The fourth-order valence-corrected chi connectivity index (χ4v) is 3.06. The van der Waals surface area contributed by atoms with Gasteiger partial charge in [0, 0.05) is 5.56 Å². The Morgan fingerprint density at radius 1 is 0.710 bits per heavy atom. The molecule has 2 rings (SSSR count). The maximum atomic E-state index is 13.3. The van der Waals surface area contributed by atoms with Gasteiger partial charge in [0.25, 0.3) is 0 Å². The summed E-state index contributed by atoms with van der Waals surface area (Å²) in [7, 11) is 0. The summed E-state index contributed by atoms with van der Waals surface area (Å²) in [4.78, 5) is 13.3. The molecule has 0 heterocycles. The number of hydrogen-bond donors (Lipinski definition) is 0. The molecule has 6 nitrogen and oxygen atoms in total. The largest absolute Gasteiger partial charge is 0.494 e. The third-order valence-corrected chi connectivity index (χ3v) is 4.22. The minimum atomic E-state index is -0.252. The van der Waals surface area contributed by atoms with E-state index in [1.54, 1.807) is 18.2 Å². The van der Waals surface area contributed by atoms with Crippen molar-refractivity contribution in [2.24, 2.45) is 0 Å². The summed E-state index contributed by atoms with van der Waals surface area (Å²) in [5.41, 5.74) is 1.09. The van der Waals surface area contributed by atoms with Gasteiger partial charge in [-0.1, -0.05) is 0 Å². The number of allylic oxidation sites excluding steroid dienone is 1. The van der Waals surface area contributed by atoms with Crippen LogP contribution in [0.2, 0.25) is 0 Å². The van der Waals surface area contributed by atoms with Crippen molar-refractivity contribution in [1.29, 1.82) is 0 Å². The van der Waals surface area contributed by atoms with E-state index in [0.29, 0.717) is 67.3 Å². The smallest absolute Gasteiger partial charge is 0.193 e. The maximum Gasteiger partial charge on any atom is 0.193 e. The van der Waals surface area contributed by atoms with Crippen molar-refractivity contribution in [1.82, 2.24) is 0 Å². The van der Waals surface area contributed by atoms with Gasteiger partial charge in [0.1, 0.15) is 22.8 Å². The topological polar surface area (TPSA) is 63.2 Å². The summed E-state index contributed by atoms with van der Waals surface area (Å²) in [6.45, 7) is 11.8. The van der Waals surface area contributed by atoms with Crippen molar-refractivity contribution in [2.75, 3.05) is 33.0 Å². The van der Waals surface area contributed by atoms with Gasteiger partial charge in [-0.15, -0.1) is 0 Å². The van der Waals surface area contributed by atoms with Crippen molar-refractivity contribution in [3.05, 3.63) is 47.5 Å². The van der Waals surface area contributed by atoms with Crippen LogP contribution < -0.4 is 23.7 Å². The lowest BCUT2D eigenvalue weighted by atomic mass is 10.1. The first-order valence-electron chi connectivity index (χ1n) is 10.8. The molecule has 0 saturated carbocycles. The molecule has 0 radical (unpaired) electrons. The summed E-state index contributed by atoms with van der Waals surface area (Å²) in [6.07, 6.45) is 3.21. The Morgan fingerprint density at radius 2 is 1.26 bits per heavy atom. The third kappa shape index (κ3) is 6.41. The van der Waals surface area contributed by atoms with Crippen molar-refractivity contribution in [3.8, 4) is 28.7 Å². The normalized spacial score (nSPS) is 10.7. The second-order valence-corrected chi connectivity index (χ2v) is 6.33. The van der Waals surface area contributed by atoms with Crippen LogP contribution in [-0.4, -0.2) is 38.8 Å². The van der Waals surface area contributed by atoms with Gasteiger partial charge in [-0.2, -0.15) is 0 Å². The van der Waals surface area contributed by atoms with Crippen LogP contribution in [0.5, 0.6) is 28.7 Å². The molecule has 0 amide bonds. The standard InChI is InChI=1S/C25H32O6/c1-6-27-19-12-14-21(28-7-2)18(17-19)11-13-20(26)24-22(29-8-3)15-16-23(30-9-4)25(24)31-10-5/h11-17H,6-10H2,1-5H3/b13-11+. The highest BCUT2D eigenvalue weighted by molar-refractivity contribution is 6.11. The first-order valence-corrected chi connectivity index (χ1v) is 10.8. The van der Waals surface area contributed by atoms with Crippen molar-refractivity contribution in [2.45, 2.75) is 34.6 Å². The summed E-state index contributed by atoms with van der Waals surface area (Å²) < 4.78 is 28.5. The van der Waals surface area contributed by atoms with E-state index in [1.165, 1.54) is 6.08 Å². The lowest BCUT2D eigenvalue weighted by Crippen LogP contribution is -2.08. The Balaban J connectivity index is 2.49. The number of ketones is 1. The van der Waals surface area contributed by atoms with E-state index in [0.717, 1.165) is 5.56 Å². The van der Waals surface area contributed by atoms with E-state index >= 15 is 0 Å². The van der Waals surface area contributed by atoms with Gasteiger partial charge < -0.3 is 23.7 Å². The van der Waals surface area contributed by atoms with Crippen LogP contribution in [-0.2, 0) is 0 Å². The molecule has 0 aliphatic carbocycles. The van der Waals surface area contributed by atoms with Crippen LogP contribution in [0.4, 0.5) is 0 Å². The van der Waals surface area contributed by atoms with Gasteiger partial charge in [0.2, 0.25) is 0 Å². The fraction of sp³-hybridized carbons (Fsp3) is 0.400. The number of ether oxygens (including phenoxy) is 5. The molecule has 168 valence electrons. The molecule has 0 bridgehead atoms. The zero-order valence-corrected chi connectivity index (χ0v) is 19.0. The Morgan fingerprint density at radius 3 is 1.90 bits per heavy atom. The second-order valence-electron chi connectivity index (χ2n) is 6.33. The van der Waals surface area contributed by atoms with Gasteiger partial charge in [0.05, 0.1) is 33.0 Å². The molecule has 2 aromatic carbocycles. The Kier molecular flexibility index (Phi) is 9.75. The lowest BCUT2D eigenvalue weighted by molar-refractivity contribution is 0.103. The molecule has 0 unspecified atom stereocenters. The van der Waals surface area contributed by atoms with Gasteiger partial charge in [-0.3, -0.25) is 4.79 Å². The molecule has 0 aliphatic rings. The number of carbonyl (C=O) groups excluding carboxylic acids is 1. The summed E-state index contributed by atoms with van der Waals surface area (Å²) in [6, 6.07) is 9.03. The maximum absolute atomic E-state index is 13.3. The SMILES string of the molecule is CCOc1ccc(OCC)c(/C=C/C(=O)c2c(OCC)ccc(OCC)c2OCC)c1. The van der Waals surface area contributed by atoms with Crippen LogP contribution in [0.3, 0.4) is 0 Å². The van der Waals surface area contributed by atoms with Crippen molar-refractivity contribution < 1.29 is 28.5 Å². The van der Waals surface area contributed by atoms with Gasteiger partial charge in [0.15, 0.2) is 17.3 Å². The highest BCUT2D eigenvalue weighted by Crippen LogP contribution is 2.39. The molecule has 0 N–H and O–H groups in total. The first kappa shape index (κ1) is 24.1. The van der Waals surface area contributed by atoms with E-state index in [-0.39, 0.29) is 5.78 Å². The molecule has 0 aromatic heterocycles. The number of hydrogen-bond acceptors (Lipinski definition) is 6. The highest BCUT2D eigenvalue weighted by Gasteiger charge is 2.22. The van der Waals surface area contributed by atoms with E-state index in [4.69, 9.17) is 23.7 Å². The Hall–Kier alpha value is -3.15. The monoisotopic (exact) mass is 428 g/mol. The lowest BCUT2D eigenvalue weighted by Gasteiger charge is -2.17. The van der Waals surface area contributed by atoms with Crippen LogP contribution >= 0.6 is 0 Å². The van der Waals surface area contributed by atoms with Crippen LogP contribution in [0.25, 0.3) is 6.08 Å². The van der Waals surface area contributed by atoms with E-state index in [9.17, 15) is 4.79 Å². The third-order valence-electron chi connectivity index (χ3n) is 4.22. The summed E-state index contributed by atoms with van der Waals surface area (Å²) in [5, 5.41) is 0. The predicted octanol–water partition coefficient (Wildman–Crippen LogP) is 5.58. The van der Waals surface area contributed by atoms with Gasteiger partial charge in [-0.25, -0.2) is 0 Å². The molecule has 0 aliphatic heterocycles. The zero-order valence-electron chi connectivity index (χ0n) is 19.0. The fourth-order valence-electron chi connectivity index (χ4n) is 3.06. The van der Waals surface area contributed by atoms with E-state index < -0.39 is 0 Å². The average Bonchev–Trinajstić information content (AvgIpc) is 2.76. The van der Waals surface area contributed by atoms with Crippen LogP contribution in [0.15, 0.2) is 36.4 Å². The molecule has 2 aromatic rings. The summed E-state index contributed by atoms with van der Waals surface area (Å²) >= 11 is 0. The minimum Gasteiger partial charge on any atom is -0.494 e. The van der Waals surface area contributed by atoms with Crippen molar-refractivity contribution in [3.63, 3.8) is 0 Å². The number of rotatable bonds is 13. The molecule has 0 spiro atoms. The molecule has 0 fully saturated rings. The zero-order chi connectivity index (χ0) is 22.6. The molecule has 6 heteroatoms. The molecule has 0 saturated heterocycles. The minimum absolute atomic E-state index is 0.252.